The molecular formula is C23H18FN. The Bertz CT molecular complexity index is 874. The number of hydrogen-bond acceptors (Lipinski definition) is 1. The molecule has 0 bridgehead atoms. The summed E-state index contributed by atoms with van der Waals surface area (Å²) in [6.45, 7) is 0. The zero-order valence-corrected chi connectivity index (χ0v) is 13.7. The molecule has 0 heterocycles. The van der Waals surface area contributed by atoms with Crippen LogP contribution < -0.4 is 0 Å². The van der Waals surface area contributed by atoms with Gasteiger partial charge in [-0.3, -0.25) is 4.99 Å². The topological polar surface area (TPSA) is 12.4 Å². The molecule has 0 saturated heterocycles. The lowest BCUT2D eigenvalue weighted by Gasteiger charge is -2.06. The van der Waals surface area contributed by atoms with Gasteiger partial charge in [-0.25, -0.2) is 4.39 Å². The van der Waals surface area contributed by atoms with Crippen LogP contribution in [-0.4, -0.2) is 6.21 Å². The Kier molecular flexibility index (Phi) is 5.71. The van der Waals surface area contributed by atoms with E-state index in [0.717, 1.165) is 16.7 Å². The summed E-state index contributed by atoms with van der Waals surface area (Å²) in [5.74, 6) is -0.248. The second-order valence-electron chi connectivity index (χ2n) is 5.57. The molecule has 0 spiro atoms. The number of hydrogen-bond donors (Lipinski definition) is 0. The molecule has 3 aromatic rings. The maximum Gasteiger partial charge on any atom is 0.123 e. The summed E-state index contributed by atoms with van der Waals surface area (Å²) in [7, 11) is 0. The van der Waals surface area contributed by atoms with E-state index in [1.165, 1.54) is 12.1 Å². The van der Waals surface area contributed by atoms with Crippen LogP contribution in [0.4, 0.5) is 4.39 Å². The van der Waals surface area contributed by atoms with E-state index < -0.39 is 0 Å². The molecule has 0 aliphatic carbocycles. The number of aliphatic imine (C=N–C) groups is 1. The van der Waals surface area contributed by atoms with Crippen LogP contribution in [0.25, 0.3) is 6.08 Å². The van der Waals surface area contributed by atoms with Crippen molar-refractivity contribution in [3.8, 4) is 0 Å². The standard InChI is InChI=1S/C23H18FN/c24-22-16-14-20(15-17-22)18-25-23(21-11-5-2-6-12-21)13-7-10-19-8-3-1-4-9-19/h1-6,8-18,23H. The monoisotopic (exact) mass is 327 g/mol. The summed E-state index contributed by atoms with van der Waals surface area (Å²) in [6, 6.07) is 26.2. The van der Waals surface area contributed by atoms with Crippen molar-refractivity contribution in [2.24, 2.45) is 4.99 Å². The molecule has 3 aromatic carbocycles. The van der Waals surface area contributed by atoms with E-state index in [1.54, 1.807) is 18.3 Å². The molecular weight excluding hydrogens is 309 g/mol. The van der Waals surface area contributed by atoms with Gasteiger partial charge in [0, 0.05) is 6.21 Å². The summed E-state index contributed by atoms with van der Waals surface area (Å²) >= 11 is 0. The van der Waals surface area contributed by atoms with E-state index >= 15 is 0 Å². The fourth-order valence-corrected chi connectivity index (χ4v) is 2.38. The summed E-state index contributed by atoms with van der Waals surface area (Å²) in [5.41, 5.74) is 6.25. The minimum Gasteiger partial charge on any atom is -0.280 e. The highest BCUT2D eigenvalue weighted by molar-refractivity contribution is 5.79. The first-order chi connectivity index (χ1) is 12.3. The highest BCUT2D eigenvalue weighted by Gasteiger charge is 2.04. The van der Waals surface area contributed by atoms with Gasteiger partial charge in [-0.2, -0.15) is 0 Å². The van der Waals surface area contributed by atoms with Gasteiger partial charge in [-0.1, -0.05) is 72.8 Å². The molecule has 0 amide bonds. The maximum atomic E-state index is 13.0. The Labute approximate surface area is 147 Å². The lowest BCUT2D eigenvalue weighted by molar-refractivity contribution is 0.628. The number of nitrogens with zero attached hydrogens (tertiary/aromatic N) is 1. The predicted molar refractivity (Wildman–Crippen MR) is 102 cm³/mol. The van der Waals surface area contributed by atoms with Crippen LogP contribution in [0.5, 0.6) is 0 Å². The van der Waals surface area contributed by atoms with E-state index in [-0.39, 0.29) is 11.9 Å². The summed E-state index contributed by atoms with van der Waals surface area (Å²) < 4.78 is 13.0. The number of rotatable bonds is 5. The van der Waals surface area contributed by atoms with Gasteiger partial charge in [0.25, 0.3) is 0 Å². The van der Waals surface area contributed by atoms with Crippen LogP contribution in [0, 0.1) is 5.82 Å². The molecule has 0 aromatic heterocycles. The predicted octanol–water partition coefficient (Wildman–Crippen LogP) is 5.85. The fraction of sp³-hybridized carbons (Fsp3) is 0.0435. The Morgan fingerprint density at radius 3 is 2.08 bits per heavy atom. The number of benzene rings is 3. The summed E-state index contributed by atoms with van der Waals surface area (Å²) in [4.78, 5) is 4.64. The minimum absolute atomic E-state index is 0.147. The Balaban J connectivity index is 1.85. The van der Waals surface area contributed by atoms with Crippen LogP contribution in [0.3, 0.4) is 0 Å². The number of halogens is 1. The Morgan fingerprint density at radius 2 is 1.40 bits per heavy atom. The van der Waals surface area contributed by atoms with Gasteiger partial charge < -0.3 is 0 Å². The van der Waals surface area contributed by atoms with E-state index in [4.69, 9.17) is 0 Å². The van der Waals surface area contributed by atoms with Crippen molar-refractivity contribution < 1.29 is 4.39 Å². The van der Waals surface area contributed by atoms with E-state index in [2.05, 4.69) is 10.7 Å². The second-order valence-corrected chi connectivity index (χ2v) is 5.57. The maximum absolute atomic E-state index is 13.0. The normalized spacial score (nSPS) is 11.7. The van der Waals surface area contributed by atoms with Crippen LogP contribution >= 0.6 is 0 Å². The van der Waals surface area contributed by atoms with Gasteiger partial charge >= 0.3 is 0 Å². The smallest absolute Gasteiger partial charge is 0.123 e. The molecule has 0 fully saturated rings. The van der Waals surface area contributed by atoms with Crippen molar-refractivity contribution in [1.29, 1.82) is 0 Å². The quantitative estimate of drug-likeness (QED) is 0.411. The lowest BCUT2D eigenvalue weighted by atomic mass is 10.1. The molecule has 0 N–H and O–H groups in total. The molecule has 2 heteroatoms. The first kappa shape index (κ1) is 16.6. The summed E-state index contributed by atoms with van der Waals surface area (Å²) in [6.07, 6.45) is 5.63. The van der Waals surface area contributed by atoms with E-state index in [0.29, 0.717) is 0 Å². The van der Waals surface area contributed by atoms with Crippen molar-refractivity contribution in [2.75, 3.05) is 0 Å². The van der Waals surface area contributed by atoms with Crippen LogP contribution in [0.15, 0.2) is 102 Å². The van der Waals surface area contributed by atoms with Gasteiger partial charge in [-0.05, 0) is 41.0 Å². The molecule has 122 valence electrons. The molecule has 1 atom stereocenters. The zero-order valence-electron chi connectivity index (χ0n) is 13.7. The van der Waals surface area contributed by atoms with Crippen LogP contribution in [0.1, 0.15) is 22.7 Å². The Morgan fingerprint density at radius 1 is 0.760 bits per heavy atom. The van der Waals surface area contributed by atoms with Crippen molar-refractivity contribution in [3.63, 3.8) is 0 Å². The van der Waals surface area contributed by atoms with E-state index in [1.807, 2.05) is 72.8 Å². The minimum atomic E-state index is -0.248. The summed E-state index contributed by atoms with van der Waals surface area (Å²) in [5, 5.41) is 0. The van der Waals surface area contributed by atoms with Crippen molar-refractivity contribution in [3.05, 3.63) is 119 Å². The molecule has 0 saturated carbocycles. The molecule has 0 radical (unpaired) electrons. The van der Waals surface area contributed by atoms with Gasteiger partial charge in [0.2, 0.25) is 0 Å². The lowest BCUT2D eigenvalue weighted by Crippen LogP contribution is -1.92. The first-order valence-corrected chi connectivity index (χ1v) is 8.12. The second kappa shape index (κ2) is 8.58. The zero-order chi connectivity index (χ0) is 17.3. The van der Waals surface area contributed by atoms with Gasteiger partial charge in [0.1, 0.15) is 11.9 Å². The first-order valence-electron chi connectivity index (χ1n) is 8.12. The average molecular weight is 327 g/mol. The van der Waals surface area contributed by atoms with Crippen LogP contribution in [0.2, 0.25) is 0 Å². The molecule has 25 heavy (non-hydrogen) atoms. The third-order valence-electron chi connectivity index (χ3n) is 3.70. The highest BCUT2D eigenvalue weighted by Crippen LogP contribution is 2.18. The van der Waals surface area contributed by atoms with Crippen molar-refractivity contribution >= 4 is 12.3 Å². The third-order valence-corrected chi connectivity index (χ3v) is 3.70. The largest absolute Gasteiger partial charge is 0.280 e. The molecule has 3 rings (SSSR count). The highest BCUT2D eigenvalue weighted by atomic mass is 19.1. The molecule has 0 aliphatic heterocycles. The Hall–Kier alpha value is -3.22. The van der Waals surface area contributed by atoms with Gasteiger partial charge in [0.05, 0.1) is 0 Å². The van der Waals surface area contributed by atoms with Gasteiger partial charge in [0.15, 0.2) is 0 Å². The van der Waals surface area contributed by atoms with Crippen LogP contribution in [-0.2, 0) is 0 Å². The average Bonchev–Trinajstić information content (AvgIpc) is 2.67. The van der Waals surface area contributed by atoms with Crippen molar-refractivity contribution in [1.82, 2.24) is 0 Å². The fourth-order valence-electron chi connectivity index (χ4n) is 2.38. The third kappa shape index (κ3) is 5.13. The van der Waals surface area contributed by atoms with E-state index in [9.17, 15) is 4.39 Å². The van der Waals surface area contributed by atoms with Gasteiger partial charge in [-0.15, -0.1) is 5.73 Å². The SMILES string of the molecule is Fc1ccc(C=NC(C=C=Cc2ccccc2)c2ccccc2)cc1. The molecule has 1 nitrogen and oxygen atoms in total. The van der Waals surface area contributed by atoms with Crippen molar-refractivity contribution in [2.45, 2.75) is 6.04 Å². The molecule has 1 unspecified atom stereocenters. The molecule has 0 aliphatic rings.